The Balaban J connectivity index is 1.51. The predicted molar refractivity (Wildman–Crippen MR) is 135 cm³/mol. The van der Waals surface area contributed by atoms with Gasteiger partial charge in [0.25, 0.3) is 5.91 Å². The van der Waals surface area contributed by atoms with Gasteiger partial charge in [0.2, 0.25) is 0 Å². The van der Waals surface area contributed by atoms with E-state index in [1.54, 1.807) is 20.4 Å². The molecule has 1 aromatic heterocycles. The third kappa shape index (κ3) is 5.85. The van der Waals surface area contributed by atoms with Crippen LogP contribution in [0.4, 0.5) is 0 Å². The van der Waals surface area contributed by atoms with Crippen LogP contribution in [0.5, 0.6) is 11.5 Å². The van der Waals surface area contributed by atoms with Gasteiger partial charge in [-0.25, -0.2) is 10.4 Å². The van der Waals surface area contributed by atoms with Gasteiger partial charge in [-0.15, -0.1) is 0 Å². The summed E-state index contributed by atoms with van der Waals surface area (Å²) < 4.78 is 10.6. The Morgan fingerprint density at radius 1 is 0.941 bits per heavy atom. The quantitative estimate of drug-likeness (QED) is 0.203. The molecule has 2 N–H and O–H groups in total. The van der Waals surface area contributed by atoms with Gasteiger partial charge in [-0.1, -0.05) is 42.1 Å². The summed E-state index contributed by atoms with van der Waals surface area (Å²) in [6, 6.07) is 25.0. The van der Waals surface area contributed by atoms with Crippen LogP contribution < -0.4 is 14.9 Å². The number of amides is 1. The second-order valence-electron chi connectivity index (χ2n) is 7.22. The fourth-order valence-corrected chi connectivity index (χ4v) is 3.89. The molecule has 0 aliphatic carbocycles. The lowest BCUT2D eigenvalue weighted by Gasteiger charge is -2.06. The average molecular weight is 473 g/mol. The molecule has 8 heteroatoms. The van der Waals surface area contributed by atoms with Crippen LogP contribution in [0.25, 0.3) is 22.5 Å². The zero-order valence-corrected chi connectivity index (χ0v) is 19.6. The Morgan fingerprint density at radius 2 is 1.56 bits per heavy atom. The maximum atomic E-state index is 12.3. The lowest BCUT2D eigenvalue weighted by Crippen LogP contribution is -2.19. The van der Waals surface area contributed by atoms with Crippen molar-refractivity contribution in [1.82, 2.24) is 15.4 Å². The van der Waals surface area contributed by atoms with E-state index in [1.807, 2.05) is 78.9 Å². The number of aromatic nitrogens is 2. The van der Waals surface area contributed by atoms with E-state index in [-0.39, 0.29) is 11.7 Å². The first kappa shape index (κ1) is 23.1. The molecular formula is C26H24N4O3S. The van der Waals surface area contributed by atoms with Crippen LogP contribution in [0.2, 0.25) is 0 Å². The molecule has 1 amide bonds. The second kappa shape index (κ2) is 11.2. The fourth-order valence-electron chi connectivity index (χ4n) is 3.23. The summed E-state index contributed by atoms with van der Waals surface area (Å²) in [6.07, 6.45) is 1.61. The van der Waals surface area contributed by atoms with Crippen molar-refractivity contribution in [3.05, 3.63) is 84.4 Å². The summed E-state index contributed by atoms with van der Waals surface area (Å²) in [5.41, 5.74) is 7.01. The number of ether oxygens (including phenoxy) is 2. The lowest BCUT2D eigenvalue weighted by atomic mass is 10.0. The number of imidazole rings is 1. The summed E-state index contributed by atoms with van der Waals surface area (Å²) in [6.45, 7) is 0. The molecule has 4 aromatic rings. The highest BCUT2D eigenvalue weighted by Crippen LogP contribution is 2.34. The van der Waals surface area contributed by atoms with E-state index in [2.05, 4.69) is 15.5 Å². The number of hydrazone groups is 1. The van der Waals surface area contributed by atoms with Crippen LogP contribution in [0.1, 0.15) is 5.56 Å². The Bertz CT molecular complexity index is 1190. The average Bonchev–Trinajstić information content (AvgIpc) is 3.32. The first-order valence-corrected chi connectivity index (χ1v) is 11.5. The topological polar surface area (TPSA) is 88.6 Å². The molecule has 0 saturated heterocycles. The van der Waals surface area contributed by atoms with E-state index in [1.165, 1.54) is 11.8 Å². The van der Waals surface area contributed by atoms with Gasteiger partial charge in [0.05, 0.1) is 37.6 Å². The van der Waals surface area contributed by atoms with E-state index >= 15 is 0 Å². The normalized spacial score (nSPS) is 10.9. The van der Waals surface area contributed by atoms with Crippen molar-refractivity contribution in [2.75, 3.05) is 20.0 Å². The molecule has 3 aromatic carbocycles. The van der Waals surface area contributed by atoms with Gasteiger partial charge in [0.15, 0.2) is 5.16 Å². The number of carbonyl (C=O) groups excluding carboxylic acids is 1. The fraction of sp³-hybridized carbons (Fsp3) is 0.115. The largest absolute Gasteiger partial charge is 0.497 e. The van der Waals surface area contributed by atoms with Crippen LogP contribution in [0.3, 0.4) is 0 Å². The maximum absolute atomic E-state index is 12.3. The van der Waals surface area contributed by atoms with E-state index < -0.39 is 0 Å². The standard InChI is InChI=1S/C26H24N4O3S/c1-32-21-12-8-19(9-13-21)24-25(20-10-14-22(33-2)15-11-20)29-26(28-24)34-17-23(31)30-27-16-18-6-4-3-5-7-18/h3-16H,17H2,1-2H3,(H,28,29)(H,30,31)/b27-16+. The van der Waals surface area contributed by atoms with Crippen molar-refractivity contribution in [2.45, 2.75) is 5.16 Å². The summed E-state index contributed by atoms with van der Waals surface area (Å²) in [5, 5.41) is 4.65. The van der Waals surface area contributed by atoms with E-state index in [9.17, 15) is 4.79 Å². The van der Waals surface area contributed by atoms with E-state index in [0.717, 1.165) is 39.6 Å². The summed E-state index contributed by atoms with van der Waals surface area (Å²) >= 11 is 1.31. The first-order chi connectivity index (χ1) is 16.7. The molecule has 0 aliphatic heterocycles. The Labute approximate surface area is 202 Å². The molecule has 7 nitrogen and oxygen atoms in total. The van der Waals surface area contributed by atoms with E-state index in [0.29, 0.717) is 5.16 Å². The minimum atomic E-state index is -0.217. The highest BCUT2D eigenvalue weighted by Gasteiger charge is 2.16. The molecule has 172 valence electrons. The number of aromatic amines is 1. The number of benzene rings is 3. The van der Waals surface area contributed by atoms with Crippen LogP contribution in [0, 0.1) is 0 Å². The van der Waals surface area contributed by atoms with E-state index in [4.69, 9.17) is 14.5 Å². The molecule has 1 heterocycles. The number of methoxy groups -OCH3 is 2. The third-order valence-electron chi connectivity index (χ3n) is 4.97. The van der Waals surface area contributed by atoms with Crippen LogP contribution in [-0.2, 0) is 4.79 Å². The molecule has 0 aliphatic rings. The molecule has 34 heavy (non-hydrogen) atoms. The van der Waals surface area contributed by atoms with Crippen LogP contribution >= 0.6 is 11.8 Å². The Hall–Kier alpha value is -4.04. The second-order valence-corrected chi connectivity index (χ2v) is 8.18. The Kier molecular flexibility index (Phi) is 7.62. The lowest BCUT2D eigenvalue weighted by molar-refractivity contribution is -0.118. The smallest absolute Gasteiger partial charge is 0.250 e. The van der Waals surface area contributed by atoms with Crippen molar-refractivity contribution in [2.24, 2.45) is 5.10 Å². The van der Waals surface area contributed by atoms with Gasteiger partial charge in [0, 0.05) is 11.1 Å². The zero-order chi connectivity index (χ0) is 23.8. The van der Waals surface area contributed by atoms with Crippen LogP contribution in [-0.4, -0.2) is 42.1 Å². The van der Waals surface area contributed by atoms with Crippen molar-refractivity contribution in [3.8, 4) is 34.0 Å². The van der Waals surface area contributed by atoms with Crippen molar-refractivity contribution < 1.29 is 14.3 Å². The number of hydrogen-bond donors (Lipinski definition) is 2. The minimum absolute atomic E-state index is 0.170. The van der Waals surface area contributed by atoms with Gasteiger partial charge >= 0.3 is 0 Å². The molecule has 0 bridgehead atoms. The van der Waals surface area contributed by atoms with Crippen molar-refractivity contribution in [3.63, 3.8) is 0 Å². The van der Waals surface area contributed by atoms with Crippen molar-refractivity contribution in [1.29, 1.82) is 0 Å². The predicted octanol–water partition coefficient (Wildman–Crippen LogP) is 5.00. The SMILES string of the molecule is COc1ccc(-c2nc(SCC(=O)N/N=C/c3ccccc3)[nH]c2-c2ccc(OC)cc2)cc1. The van der Waals surface area contributed by atoms with Gasteiger partial charge in [-0.2, -0.15) is 5.10 Å². The van der Waals surface area contributed by atoms with Gasteiger partial charge in [-0.3, -0.25) is 4.79 Å². The molecule has 0 atom stereocenters. The molecular weight excluding hydrogens is 448 g/mol. The number of carbonyl (C=O) groups is 1. The van der Waals surface area contributed by atoms with Gasteiger partial charge < -0.3 is 14.5 Å². The molecule has 0 spiro atoms. The molecule has 0 fully saturated rings. The number of nitrogens with zero attached hydrogens (tertiary/aromatic N) is 2. The highest BCUT2D eigenvalue weighted by molar-refractivity contribution is 7.99. The number of thioether (sulfide) groups is 1. The van der Waals surface area contributed by atoms with Crippen LogP contribution in [0.15, 0.2) is 89.1 Å². The molecule has 0 radical (unpaired) electrons. The van der Waals surface area contributed by atoms with Crippen molar-refractivity contribution >= 4 is 23.9 Å². The maximum Gasteiger partial charge on any atom is 0.250 e. The zero-order valence-electron chi connectivity index (χ0n) is 18.8. The number of rotatable bonds is 9. The molecule has 4 rings (SSSR count). The van der Waals surface area contributed by atoms with Gasteiger partial charge in [0.1, 0.15) is 11.5 Å². The summed E-state index contributed by atoms with van der Waals surface area (Å²) in [4.78, 5) is 20.4. The van der Waals surface area contributed by atoms with Gasteiger partial charge in [-0.05, 0) is 54.1 Å². The molecule has 0 unspecified atom stereocenters. The number of H-pyrrole nitrogens is 1. The summed E-state index contributed by atoms with van der Waals surface area (Å²) in [5.74, 6) is 1.50. The minimum Gasteiger partial charge on any atom is -0.497 e. The number of nitrogens with one attached hydrogen (secondary N) is 2. The third-order valence-corrected chi connectivity index (χ3v) is 5.84. The number of hydrogen-bond acceptors (Lipinski definition) is 6. The first-order valence-electron chi connectivity index (χ1n) is 10.5. The highest BCUT2D eigenvalue weighted by atomic mass is 32.2. The molecule has 0 saturated carbocycles. The Morgan fingerprint density at radius 3 is 2.18 bits per heavy atom. The monoisotopic (exact) mass is 472 g/mol. The summed E-state index contributed by atoms with van der Waals surface area (Å²) in [7, 11) is 3.27.